The van der Waals surface area contributed by atoms with Gasteiger partial charge in [0.2, 0.25) is 0 Å². The van der Waals surface area contributed by atoms with Crippen LogP contribution in [-0.2, 0) is 16.1 Å². The van der Waals surface area contributed by atoms with E-state index >= 15 is 0 Å². The number of hydrogen-bond acceptors (Lipinski definition) is 6. The van der Waals surface area contributed by atoms with Gasteiger partial charge in [0.25, 0.3) is 5.56 Å². The van der Waals surface area contributed by atoms with Gasteiger partial charge in [0.15, 0.2) is 5.16 Å². The Kier molecular flexibility index (Phi) is 4.66. The summed E-state index contributed by atoms with van der Waals surface area (Å²) in [7, 11) is 0. The number of fused-ring (bicyclic) bond motifs is 1. The first-order chi connectivity index (χ1) is 11.1. The maximum Gasteiger partial charge on any atom is 0.302 e. The zero-order chi connectivity index (χ0) is 16.4. The van der Waals surface area contributed by atoms with Gasteiger partial charge >= 0.3 is 5.97 Å². The van der Waals surface area contributed by atoms with Crippen molar-refractivity contribution in [1.29, 1.82) is 0 Å². The summed E-state index contributed by atoms with van der Waals surface area (Å²) in [6.07, 6.45) is 7.83. The molecule has 7 heteroatoms. The molecule has 0 aromatic carbocycles. The van der Waals surface area contributed by atoms with E-state index in [-0.39, 0.29) is 18.2 Å². The van der Waals surface area contributed by atoms with Gasteiger partial charge in [0.1, 0.15) is 12.3 Å². The van der Waals surface area contributed by atoms with Gasteiger partial charge in [-0.15, -0.1) is 0 Å². The summed E-state index contributed by atoms with van der Waals surface area (Å²) in [5.41, 5.74) is 1.03. The molecular formula is C16H19N3O3S. The second-order valence-electron chi connectivity index (χ2n) is 5.70. The predicted octanol–water partition coefficient (Wildman–Crippen LogP) is 2.69. The first-order valence-corrected chi connectivity index (χ1v) is 8.91. The summed E-state index contributed by atoms with van der Waals surface area (Å²) in [4.78, 5) is 32.8. The molecular weight excluding hydrogens is 314 g/mol. The quantitative estimate of drug-likeness (QED) is 0.486. The van der Waals surface area contributed by atoms with Crippen molar-refractivity contribution in [3.05, 3.63) is 28.2 Å². The van der Waals surface area contributed by atoms with Crippen molar-refractivity contribution in [2.45, 2.75) is 50.4 Å². The van der Waals surface area contributed by atoms with E-state index in [4.69, 9.17) is 4.74 Å². The summed E-state index contributed by atoms with van der Waals surface area (Å²) in [6.45, 7) is 1.32. The van der Waals surface area contributed by atoms with Crippen molar-refractivity contribution >= 4 is 28.8 Å². The molecule has 0 spiro atoms. The molecule has 0 atom stereocenters. The Labute approximate surface area is 138 Å². The van der Waals surface area contributed by atoms with E-state index in [0.717, 1.165) is 31.1 Å². The van der Waals surface area contributed by atoms with Gasteiger partial charge in [-0.05, 0) is 25.2 Å². The summed E-state index contributed by atoms with van der Waals surface area (Å²) in [5, 5.41) is 1.45. The first-order valence-electron chi connectivity index (χ1n) is 7.68. The molecule has 0 saturated heterocycles. The molecule has 0 aliphatic heterocycles. The summed E-state index contributed by atoms with van der Waals surface area (Å²) >= 11 is 1.45. The van der Waals surface area contributed by atoms with Crippen LogP contribution in [-0.4, -0.2) is 26.8 Å². The average molecular weight is 333 g/mol. The number of rotatable bonds is 4. The second-order valence-corrected chi connectivity index (χ2v) is 6.47. The lowest BCUT2D eigenvalue weighted by Gasteiger charge is -2.18. The minimum Gasteiger partial charge on any atom is -0.461 e. The highest BCUT2D eigenvalue weighted by Crippen LogP contribution is 2.30. The monoisotopic (exact) mass is 333 g/mol. The molecule has 122 valence electrons. The van der Waals surface area contributed by atoms with Gasteiger partial charge < -0.3 is 4.74 Å². The summed E-state index contributed by atoms with van der Waals surface area (Å²) in [6, 6.07) is 1.89. The molecule has 3 rings (SSSR count). The Balaban J connectivity index is 2.17. The Morgan fingerprint density at radius 2 is 2.17 bits per heavy atom. The molecule has 1 saturated carbocycles. The maximum absolute atomic E-state index is 12.9. The molecule has 1 aliphatic carbocycles. The highest BCUT2D eigenvalue weighted by molar-refractivity contribution is 7.98. The third-order valence-electron chi connectivity index (χ3n) is 4.13. The largest absolute Gasteiger partial charge is 0.461 e. The van der Waals surface area contributed by atoms with Crippen LogP contribution in [0.2, 0.25) is 0 Å². The fraction of sp³-hybridized carbons (Fsp3) is 0.500. The number of carbonyl (C=O) groups is 1. The van der Waals surface area contributed by atoms with E-state index in [1.165, 1.54) is 18.7 Å². The number of ether oxygens (including phenoxy) is 1. The number of esters is 1. The van der Waals surface area contributed by atoms with Gasteiger partial charge in [-0.3, -0.25) is 14.2 Å². The Hall–Kier alpha value is -1.89. The molecule has 6 nitrogen and oxygen atoms in total. The Morgan fingerprint density at radius 1 is 1.43 bits per heavy atom. The van der Waals surface area contributed by atoms with Crippen LogP contribution in [0.5, 0.6) is 0 Å². The van der Waals surface area contributed by atoms with Crippen molar-refractivity contribution in [2.75, 3.05) is 6.26 Å². The molecule has 23 heavy (non-hydrogen) atoms. The lowest BCUT2D eigenvalue weighted by atomic mass is 10.2. The van der Waals surface area contributed by atoms with Crippen LogP contribution >= 0.6 is 11.8 Å². The molecule has 2 heterocycles. The number of nitrogens with zero attached hydrogens (tertiary/aromatic N) is 3. The molecule has 0 unspecified atom stereocenters. The van der Waals surface area contributed by atoms with Crippen LogP contribution in [0.4, 0.5) is 0 Å². The van der Waals surface area contributed by atoms with E-state index in [1.54, 1.807) is 16.8 Å². The minimum atomic E-state index is -0.397. The normalized spacial score (nSPS) is 15.2. The van der Waals surface area contributed by atoms with Crippen LogP contribution in [0.15, 0.2) is 22.2 Å². The van der Waals surface area contributed by atoms with Crippen molar-refractivity contribution < 1.29 is 9.53 Å². The van der Waals surface area contributed by atoms with Crippen molar-refractivity contribution in [2.24, 2.45) is 0 Å². The Bertz CT molecular complexity index is 797. The van der Waals surface area contributed by atoms with E-state index in [2.05, 4.69) is 9.97 Å². The number of thioether (sulfide) groups is 1. The third-order valence-corrected chi connectivity index (χ3v) is 4.69. The van der Waals surface area contributed by atoms with Gasteiger partial charge in [-0.25, -0.2) is 9.97 Å². The Morgan fingerprint density at radius 3 is 2.83 bits per heavy atom. The first kappa shape index (κ1) is 16.0. The van der Waals surface area contributed by atoms with Gasteiger partial charge in [-0.2, -0.15) is 0 Å². The number of hydrogen-bond donors (Lipinski definition) is 0. The summed E-state index contributed by atoms with van der Waals surface area (Å²) in [5.74, 6) is -0.397. The smallest absolute Gasteiger partial charge is 0.302 e. The van der Waals surface area contributed by atoms with E-state index in [1.807, 2.05) is 6.26 Å². The van der Waals surface area contributed by atoms with Crippen molar-refractivity contribution in [3.63, 3.8) is 0 Å². The topological polar surface area (TPSA) is 74.1 Å². The van der Waals surface area contributed by atoms with Crippen LogP contribution in [0.1, 0.15) is 44.2 Å². The van der Waals surface area contributed by atoms with Crippen LogP contribution in [0, 0.1) is 0 Å². The number of carbonyl (C=O) groups excluding carboxylic acids is 1. The van der Waals surface area contributed by atoms with Crippen LogP contribution in [0.3, 0.4) is 0 Å². The standard InChI is InChI=1S/C16H19N3O3S/c1-10(20)22-9-12-7-11-8-17-16(23-2)18-14(11)19(15(12)21)13-5-3-4-6-13/h7-8,13H,3-6,9H2,1-2H3. The van der Waals surface area contributed by atoms with E-state index in [0.29, 0.717) is 16.4 Å². The average Bonchev–Trinajstić information content (AvgIpc) is 3.06. The maximum atomic E-state index is 12.9. The van der Waals surface area contributed by atoms with Crippen LogP contribution in [0.25, 0.3) is 11.0 Å². The number of aromatic nitrogens is 3. The second kappa shape index (κ2) is 6.70. The van der Waals surface area contributed by atoms with Gasteiger partial charge in [-0.1, -0.05) is 24.6 Å². The molecule has 0 N–H and O–H groups in total. The number of pyridine rings is 1. The molecule has 1 fully saturated rings. The minimum absolute atomic E-state index is 0.0128. The molecule has 0 radical (unpaired) electrons. The van der Waals surface area contributed by atoms with E-state index < -0.39 is 5.97 Å². The lowest BCUT2D eigenvalue weighted by Crippen LogP contribution is -2.28. The van der Waals surface area contributed by atoms with Crippen molar-refractivity contribution in [1.82, 2.24) is 14.5 Å². The zero-order valence-electron chi connectivity index (χ0n) is 13.2. The molecule has 0 amide bonds. The highest BCUT2D eigenvalue weighted by Gasteiger charge is 2.22. The molecule has 1 aliphatic rings. The SMILES string of the molecule is CSc1ncc2cc(COC(C)=O)c(=O)n(C3CCCC3)c2n1. The van der Waals surface area contributed by atoms with Crippen molar-refractivity contribution in [3.8, 4) is 0 Å². The molecule has 0 bridgehead atoms. The summed E-state index contributed by atoms with van der Waals surface area (Å²) < 4.78 is 6.80. The predicted molar refractivity (Wildman–Crippen MR) is 88.6 cm³/mol. The molecule has 2 aromatic rings. The fourth-order valence-corrected chi connectivity index (χ4v) is 3.38. The van der Waals surface area contributed by atoms with Gasteiger partial charge in [0.05, 0.1) is 5.56 Å². The zero-order valence-corrected chi connectivity index (χ0v) is 14.1. The van der Waals surface area contributed by atoms with Gasteiger partial charge in [0, 0.05) is 24.5 Å². The molecule has 2 aromatic heterocycles. The third kappa shape index (κ3) is 3.24. The van der Waals surface area contributed by atoms with Crippen LogP contribution < -0.4 is 5.56 Å². The van der Waals surface area contributed by atoms with E-state index in [9.17, 15) is 9.59 Å². The highest BCUT2D eigenvalue weighted by atomic mass is 32.2. The lowest BCUT2D eigenvalue weighted by molar-refractivity contribution is -0.142. The fourth-order valence-electron chi connectivity index (χ4n) is 3.04.